The van der Waals surface area contributed by atoms with Crippen LogP contribution in [0, 0.1) is 12.8 Å². The van der Waals surface area contributed by atoms with Crippen LogP contribution in [-0.4, -0.2) is 16.2 Å². The predicted octanol–water partition coefficient (Wildman–Crippen LogP) is 1.75. The van der Waals surface area contributed by atoms with Gasteiger partial charge < -0.3 is 10.2 Å². The molecular formula is C11H14O3. The molecule has 3 nitrogen and oxygen atoms in total. The third-order valence-electron chi connectivity index (χ3n) is 2.28. The van der Waals surface area contributed by atoms with E-state index in [0.717, 1.165) is 5.56 Å². The Morgan fingerprint density at radius 3 is 2.21 bits per heavy atom. The molecule has 0 aliphatic rings. The van der Waals surface area contributed by atoms with Crippen molar-refractivity contribution in [2.75, 3.05) is 0 Å². The van der Waals surface area contributed by atoms with Crippen LogP contribution in [0.1, 0.15) is 24.2 Å². The number of aryl methyl sites for hydroxylation is 1. The Morgan fingerprint density at radius 1 is 1.29 bits per heavy atom. The first-order chi connectivity index (χ1) is 6.52. The van der Waals surface area contributed by atoms with Gasteiger partial charge in [0.05, 0.1) is 12.0 Å². The largest absolute Gasteiger partial charge is 0.481 e. The standard InChI is InChI=1S/C11H14O3/c1-7-3-5-9(6-4-7)10(12)8(2)11(13)14/h3-6,8,10,12H,1-2H3,(H,13,14)/t8-,10-/m1/s1. The molecule has 0 fully saturated rings. The van der Waals surface area contributed by atoms with Crippen LogP contribution in [0.2, 0.25) is 0 Å². The molecule has 0 saturated heterocycles. The molecule has 1 aromatic carbocycles. The zero-order valence-electron chi connectivity index (χ0n) is 8.27. The van der Waals surface area contributed by atoms with E-state index >= 15 is 0 Å². The van der Waals surface area contributed by atoms with E-state index in [-0.39, 0.29) is 0 Å². The van der Waals surface area contributed by atoms with Crippen molar-refractivity contribution < 1.29 is 15.0 Å². The Morgan fingerprint density at radius 2 is 1.79 bits per heavy atom. The van der Waals surface area contributed by atoms with Crippen LogP contribution < -0.4 is 0 Å². The Labute approximate surface area is 83.0 Å². The zero-order valence-corrected chi connectivity index (χ0v) is 8.27. The fraction of sp³-hybridized carbons (Fsp3) is 0.364. The molecule has 1 rings (SSSR count). The van der Waals surface area contributed by atoms with E-state index in [2.05, 4.69) is 0 Å². The second-order valence-electron chi connectivity index (χ2n) is 3.48. The van der Waals surface area contributed by atoms with Crippen molar-refractivity contribution in [3.8, 4) is 0 Å². The lowest BCUT2D eigenvalue weighted by molar-refractivity contribution is -0.145. The second kappa shape index (κ2) is 4.24. The van der Waals surface area contributed by atoms with Crippen molar-refractivity contribution in [1.29, 1.82) is 0 Å². The maximum Gasteiger partial charge on any atom is 0.309 e. The first-order valence-corrected chi connectivity index (χ1v) is 4.50. The highest BCUT2D eigenvalue weighted by Crippen LogP contribution is 2.21. The van der Waals surface area contributed by atoms with Crippen LogP contribution in [0.3, 0.4) is 0 Å². The Bertz CT molecular complexity index is 316. The van der Waals surface area contributed by atoms with Gasteiger partial charge in [0.15, 0.2) is 0 Å². The molecule has 14 heavy (non-hydrogen) atoms. The Hall–Kier alpha value is -1.35. The number of aliphatic carboxylic acids is 1. The minimum Gasteiger partial charge on any atom is -0.481 e. The lowest BCUT2D eigenvalue weighted by Crippen LogP contribution is -2.18. The van der Waals surface area contributed by atoms with Crippen molar-refractivity contribution >= 4 is 5.97 Å². The second-order valence-corrected chi connectivity index (χ2v) is 3.48. The molecule has 0 radical (unpaired) electrons. The first kappa shape index (κ1) is 10.7. The Kier molecular flexibility index (Phi) is 3.25. The van der Waals surface area contributed by atoms with Gasteiger partial charge in [0, 0.05) is 0 Å². The molecule has 3 heteroatoms. The highest BCUT2D eigenvalue weighted by molar-refractivity contribution is 5.70. The van der Waals surface area contributed by atoms with Crippen LogP contribution in [0.15, 0.2) is 24.3 Å². The number of hydrogen-bond donors (Lipinski definition) is 2. The smallest absolute Gasteiger partial charge is 0.309 e. The maximum absolute atomic E-state index is 10.6. The number of carboxylic acid groups (broad SMARTS) is 1. The van der Waals surface area contributed by atoms with E-state index in [1.54, 1.807) is 12.1 Å². The van der Waals surface area contributed by atoms with Crippen LogP contribution in [-0.2, 0) is 4.79 Å². The van der Waals surface area contributed by atoms with Crippen molar-refractivity contribution in [3.05, 3.63) is 35.4 Å². The van der Waals surface area contributed by atoms with Gasteiger partial charge in [-0.15, -0.1) is 0 Å². The summed E-state index contributed by atoms with van der Waals surface area (Å²) in [5, 5.41) is 18.4. The Balaban J connectivity index is 2.84. The molecule has 0 saturated carbocycles. The zero-order chi connectivity index (χ0) is 10.7. The van der Waals surface area contributed by atoms with Gasteiger partial charge in [0.2, 0.25) is 0 Å². The van der Waals surface area contributed by atoms with Crippen molar-refractivity contribution in [2.24, 2.45) is 5.92 Å². The molecule has 76 valence electrons. The highest BCUT2D eigenvalue weighted by Gasteiger charge is 2.22. The predicted molar refractivity (Wildman–Crippen MR) is 52.9 cm³/mol. The van der Waals surface area contributed by atoms with E-state index in [9.17, 15) is 9.90 Å². The normalized spacial score (nSPS) is 14.8. The van der Waals surface area contributed by atoms with Gasteiger partial charge in [-0.1, -0.05) is 29.8 Å². The molecule has 0 heterocycles. The quantitative estimate of drug-likeness (QED) is 0.770. The van der Waals surface area contributed by atoms with Crippen LogP contribution in [0.25, 0.3) is 0 Å². The number of carboxylic acids is 1. The molecular weight excluding hydrogens is 180 g/mol. The minimum atomic E-state index is -0.988. The van der Waals surface area contributed by atoms with E-state index in [0.29, 0.717) is 5.56 Å². The van der Waals surface area contributed by atoms with Crippen LogP contribution in [0.4, 0.5) is 0 Å². The van der Waals surface area contributed by atoms with Gasteiger partial charge in [-0.05, 0) is 19.4 Å². The molecule has 0 amide bonds. The van der Waals surface area contributed by atoms with E-state index in [4.69, 9.17) is 5.11 Å². The van der Waals surface area contributed by atoms with Gasteiger partial charge in [-0.2, -0.15) is 0 Å². The number of aliphatic hydroxyl groups is 1. The van der Waals surface area contributed by atoms with Crippen molar-refractivity contribution in [2.45, 2.75) is 20.0 Å². The summed E-state index contributed by atoms with van der Waals surface area (Å²) in [7, 11) is 0. The molecule has 1 aromatic rings. The van der Waals surface area contributed by atoms with Crippen LogP contribution in [0.5, 0.6) is 0 Å². The third-order valence-corrected chi connectivity index (χ3v) is 2.28. The number of benzene rings is 1. The molecule has 2 atom stereocenters. The average Bonchev–Trinajstić information content (AvgIpc) is 2.16. The SMILES string of the molecule is Cc1ccc([C@H](O)[C@@H](C)C(=O)O)cc1. The summed E-state index contributed by atoms with van der Waals surface area (Å²) in [5.41, 5.74) is 1.73. The minimum absolute atomic E-state index is 0.644. The summed E-state index contributed by atoms with van der Waals surface area (Å²) in [4.78, 5) is 10.6. The molecule has 0 spiro atoms. The summed E-state index contributed by atoms with van der Waals surface area (Å²) in [5.74, 6) is -1.77. The van der Waals surface area contributed by atoms with Gasteiger partial charge in [0.1, 0.15) is 0 Å². The number of carbonyl (C=O) groups is 1. The summed E-state index contributed by atoms with van der Waals surface area (Å²) in [6, 6.07) is 7.21. The fourth-order valence-corrected chi connectivity index (χ4v) is 1.19. The van der Waals surface area contributed by atoms with Gasteiger partial charge >= 0.3 is 5.97 Å². The topological polar surface area (TPSA) is 57.5 Å². The van der Waals surface area contributed by atoms with Gasteiger partial charge in [-0.25, -0.2) is 0 Å². The highest BCUT2D eigenvalue weighted by atomic mass is 16.4. The molecule has 0 aromatic heterocycles. The average molecular weight is 194 g/mol. The summed E-state index contributed by atoms with van der Waals surface area (Å²) >= 11 is 0. The number of hydrogen-bond acceptors (Lipinski definition) is 2. The maximum atomic E-state index is 10.6. The van der Waals surface area contributed by atoms with Crippen molar-refractivity contribution in [3.63, 3.8) is 0 Å². The molecule has 0 unspecified atom stereocenters. The molecule has 0 bridgehead atoms. The lowest BCUT2D eigenvalue weighted by Gasteiger charge is -2.15. The van der Waals surface area contributed by atoms with E-state index in [1.165, 1.54) is 6.92 Å². The van der Waals surface area contributed by atoms with E-state index < -0.39 is 18.0 Å². The first-order valence-electron chi connectivity index (χ1n) is 4.50. The monoisotopic (exact) mass is 194 g/mol. The van der Waals surface area contributed by atoms with Gasteiger partial charge in [-0.3, -0.25) is 4.79 Å². The summed E-state index contributed by atoms with van der Waals surface area (Å²) < 4.78 is 0. The third kappa shape index (κ3) is 2.33. The fourth-order valence-electron chi connectivity index (χ4n) is 1.19. The lowest BCUT2D eigenvalue weighted by atomic mass is 9.97. The van der Waals surface area contributed by atoms with E-state index in [1.807, 2.05) is 19.1 Å². The van der Waals surface area contributed by atoms with Gasteiger partial charge in [0.25, 0.3) is 0 Å². The summed E-state index contributed by atoms with van der Waals surface area (Å²) in [6.45, 7) is 3.43. The number of aliphatic hydroxyl groups excluding tert-OH is 1. The summed E-state index contributed by atoms with van der Waals surface area (Å²) in [6.07, 6.45) is -0.937. The van der Waals surface area contributed by atoms with Crippen LogP contribution >= 0.6 is 0 Å². The molecule has 0 aliphatic carbocycles. The molecule has 0 aliphatic heterocycles. The molecule has 2 N–H and O–H groups in total. The number of rotatable bonds is 3. The van der Waals surface area contributed by atoms with Crippen molar-refractivity contribution in [1.82, 2.24) is 0 Å².